The molecule has 1 aromatic heterocycles. The molecule has 0 aromatic carbocycles. The van der Waals surface area contributed by atoms with Gasteiger partial charge in [-0.05, 0) is 26.0 Å². The zero-order chi connectivity index (χ0) is 11.5. The molecule has 1 aromatic rings. The van der Waals surface area contributed by atoms with Crippen molar-refractivity contribution >= 4 is 9.84 Å². The fourth-order valence-corrected chi connectivity index (χ4v) is 1.77. The summed E-state index contributed by atoms with van der Waals surface area (Å²) in [5.41, 5.74) is 0. The van der Waals surface area contributed by atoms with Crippen LogP contribution in [0, 0.1) is 0 Å². The summed E-state index contributed by atoms with van der Waals surface area (Å²) < 4.78 is 28.4. The van der Waals surface area contributed by atoms with E-state index in [-0.39, 0.29) is 16.9 Å². The average molecular weight is 227 g/mol. The summed E-state index contributed by atoms with van der Waals surface area (Å²) in [6.45, 7) is 6.88. The second-order valence-electron chi connectivity index (χ2n) is 3.18. The Bertz CT molecular complexity index is 451. The van der Waals surface area contributed by atoms with Gasteiger partial charge in [0.25, 0.3) is 0 Å². The Hall–Kier alpha value is -1.36. The first-order chi connectivity index (χ1) is 6.97. The topological polar surface area (TPSA) is 56.3 Å². The number of pyridine rings is 1. The number of hydrogen-bond donors (Lipinski definition) is 0. The molecule has 82 valence electrons. The first-order valence-electron chi connectivity index (χ1n) is 4.46. The van der Waals surface area contributed by atoms with Gasteiger partial charge in [0.15, 0.2) is 5.75 Å². The van der Waals surface area contributed by atoms with E-state index in [9.17, 15) is 8.42 Å². The molecule has 0 spiro atoms. The number of rotatable bonds is 4. The molecule has 5 heteroatoms. The molecule has 0 aliphatic carbocycles. The van der Waals surface area contributed by atoms with Crippen molar-refractivity contribution in [1.29, 1.82) is 0 Å². The Morgan fingerprint density at radius 3 is 2.73 bits per heavy atom. The van der Waals surface area contributed by atoms with Gasteiger partial charge in [0, 0.05) is 11.6 Å². The van der Waals surface area contributed by atoms with Gasteiger partial charge >= 0.3 is 0 Å². The molecule has 15 heavy (non-hydrogen) atoms. The Labute approximate surface area is 89.5 Å². The second-order valence-corrected chi connectivity index (χ2v) is 5.00. The van der Waals surface area contributed by atoms with Crippen LogP contribution in [0.2, 0.25) is 0 Å². The molecular weight excluding hydrogens is 214 g/mol. The highest BCUT2D eigenvalue weighted by atomic mass is 32.2. The van der Waals surface area contributed by atoms with Gasteiger partial charge in [0.2, 0.25) is 14.9 Å². The van der Waals surface area contributed by atoms with Crippen LogP contribution in [0.5, 0.6) is 5.75 Å². The SMILES string of the molecule is C=CS(=O)(=O)c1ncccc1OC(C)C. The summed E-state index contributed by atoms with van der Waals surface area (Å²) in [6.07, 6.45) is 1.30. The van der Waals surface area contributed by atoms with Crippen LogP contribution >= 0.6 is 0 Å². The van der Waals surface area contributed by atoms with Crippen LogP contribution in [-0.2, 0) is 9.84 Å². The van der Waals surface area contributed by atoms with Crippen molar-refractivity contribution < 1.29 is 13.2 Å². The molecule has 0 N–H and O–H groups in total. The van der Waals surface area contributed by atoms with Gasteiger partial charge in [0.1, 0.15) is 0 Å². The lowest BCUT2D eigenvalue weighted by atomic mass is 10.4. The number of sulfone groups is 1. The van der Waals surface area contributed by atoms with Gasteiger partial charge in [-0.1, -0.05) is 6.58 Å². The summed E-state index contributed by atoms with van der Waals surface area (Å²) in [5, 5.41) is 0.774. The fourth-order valence-electron chi connectivity index (χ4n) is 1.01. The van der Waals surface area contributed by atoms with Crippen molar-refractivity contribution in [3.8, 4) is 5.75 Å². The number of hydrogen-bond acceptors (Lipinski definition) is 4. The van der Waals surface area contributed by atoms with E-state index in [1.54, 1.807) is 12.1 Å². The van der Waals surface area contributed by atoms with Gasteiger partial charge in [-0.15, -0.1) is 0 Å². The third-order valence-electron chi connectivity index (χ3n) is 1.59. The van der Waals surface area contributed by atoms with E-state index in [0.29, 0.717) is 0 Å². The quantitative estimate of drug-likeness (QED) is 0.786. The first-order valence-corrected chi connectivity index (χ1v) is 6.01. The van der Waals surface area contributed by atoms with E-state index < -0.39 is 9.84 Å². The molecule has 0 unspecified atom stereocenters. The number of ether oxygens (including phenoxy) is 1. The molecule has 0 saturated carbocycles. The first kappa shape index (κ1) is 11.7. The Morgan fingerprint density at radius 2 is 2.20 bits per heavy atom. The molecular formula is C10H13NO3S. The molecule has 0 aliphatic heterocycles. The van der Waals surface area contributed by atoms with Crippen LogP contribution in [0.15, 0.2) is 35.3 Å². The van der Waals surface area contributed by atoms with Crippen molar-refractivity contribution in [2.24, 2.45) is 0 Å². The largest absolute Gasteiger partial charge is 0.488 e. The molecule has 0 bridgehead atoms. The number of nitrogens with zero attached hydrogens (tertiary/aromatic N) is 1. The van der Waals surface area contributed by atoms with Gasteiger partial charge < -0.3 is 4.74 Å². The number of aromatic nitrogens is 1. The monoisotopic (exact) mass is 227 g/mol. The Balaban J connectivity index is 3.24. The van der Waals surface area contributed by atoms with Gasteiger partial charge in [-0.25, -0.2) is 13.4 Å². The maximum absolute atomic E-state index is 11.5. The van der Waals surface area contributed by atoms with Crippen LogP contribution in [0.4, 0.5) is 0 Å². The molecule has 4 nitrogen and oxygen atoms in total. The molecule has 0 saturated heterocycles. The van der Waals surface area contributed by atoms with Crippen molar-refractivity contribution in [3.05, 3.63) is 30.3 Å². The maximum atomic E-state index is 11.5. The third-order valence-corrected chi connectivity index (χ3v) is 2.87. The lowest BCUT2D eigenvalue weighted by Crippen LogP contribution is -2.10. The predicted molar refractivity (Wildman–Crippen MR) is 57.4 cm³/mol. The summed E-state index contributed by atoms with van der Waals surface area (Å²) in [7, 11) is -3.55. The fraction of sp³-hybridized carbons (Fsp3) is 0.300. The average Bonchev–Trinajstić information content (AvgIpc) is 2.17. The van der Waals surface area contributed by atoms with Crippen LogP contribution in [0.1, 0.15) is 13.8 Å². The van der Waals surface area contributed by atoms with Crippen molar-refractivity contribution in [2.75, 3.05) is 0 Å². The van der Waals surface area contributed by atoms with Crippen molar-refractivity contribution in [3.63, 3.8) is 0 Å². The molecule has 0 aliphatic rings. The molecule has 0 fully saturated rings. The van der Waals surface area contributed by atoms with Crippen molar-refractivity contribution in [2.45, 2.75) is 25.0 Å². The molecule has 0 amide bonds. The summed E-state index contributed by atoms with van der Waals surface area (Å²) in [5.74, 6) is 0.257. The van der Waals surface area contributed by atoms with E-state index in [1.807, 2.05) is 13.8 Å². The van der Waals surface area contributed by atoms with Crippen LogP contribution in [0.25, 0.3) is 0 Å². The lowest BCUT2D eigenvalue weighted by molar-refractivity contribution is 0.234. The highest BCUT2D eigenvalue weighted by Crippen LogP contribution is 2.23. The highest BCUT2D eigenvalue weighted by molar-refractivity contribution is 7.94. The molecule has 0 radical (unpaired) electrons. The van der Waals surface area contributed by atoms with Crippen LogP contribution in [-0.4, -0.2) is 19.5 Å². The molecule has 1 rings (SSSR count). The zero-order valence-electron chi connectivity index (χ0n) is 8.67. The summed E-state index contributed by atoms with van der Waals surface area (Å²) in [6, 6.07) is 3.20. The zero-order valence-corrected chi connectivity index (χ0v) is 9.49. The summed E-state index contributed by atoms with van der Waals surface area (Å²) >= 11 is 0. The van der Waals surface area contributed by atoms with E-state index in [1.165, 1.54) is 6.20 Å². The summed E-state index contributed by atoms with van der Waals surface area (Å²) in [4.78, 5) is 3.79. The van der Waals surface area contributed by atoms with Gasteiger partial charge in [-0.3, -0.25) is 0 Å². The van der Waals surface area contributed by atoms with E-state index in [4.69, 9.17) is 4.74 Å². The van der Waals surface area contributed by atoms with Crippen LogP contribution < -0.4 is 4.74 Å². The minimum atomic E-state index is -3.55. The smallest absolute Gasteiger partial charge is 0.220 e. The normalized spacial score (nSPS) is 11.4. The van der Waals surface area contributed by atoms with E-state index >= 15 is 0 Å². The molecule has 1 heterocycles. The van der Waals surface area contributed by atoms with Gasteiger partial charge in [0.05, 0.1) is 6.10 Å². The minimum Gasteiger partial charge on any atom is -0.488 e. The standard InChI is InChI=1S/C10H13NO3S/c1-4-15(12,13)10-9(14-8(2)3)6-5-7-11-10/h4-8H,1H2,2-3H3. The van der Waals surface area contributed by atoms with Gasteiger partial charge in [-0.2, -0.15) is 0 Å². The third kappa shape index (κ3) is 2.79. The Morgan fingerprint density at radius 1 is 1.53 bits per heavy atom. The van der Waals surface area contributed by atoms with E-state index in [2.05, 4.69) is 11.6 Å². The highest BCUT2D eigenvalue weighted by Gasteiger charge is 2.18. The van der Waals surface area contributed by atoms with Crippen molar-refractivity contribution in [1.82, 2.24) is 4.98 Å². The lowest BCUT2D eigenvalue weighted by Gasteiger charge is -2.11. The Kier molecular flexibility index (Phi) is 3.47. The predicted octanol–water partition coefficient (Wildman–Crippen LogP) is 1.79. The minimum absolute atomic E-state index is 0.0892. The maximum Gasteiger partial charge on any atom is 0.220 e. The molecule has 0 atom stereocenters. The van der Waals surface area contributed by atoms with Crippen LogP contribution in [0.3, 0.4) is 0 Å². The van der Waals surface area contributed by atoms with E-state index in [0.717, 1.165) is 5.41 Å². The second kappa shape index (κ2) is 4.44.